The van der Waals surface area contributed by atoms with Crippen LogP contribution in [0.25, 0.3) is 0 Å². The standard InChI is InChI=1S/C13H14ClNO3/c1-8(16)15-13(12(17)18,9-2-3-9)10-4-6-11(14)7-5-10/h4-7,9H,2-3H2,1H3,(H,15,16)(H,17,18). The predicted octanol–water partition coefficient (Wildman–Crippen LogP) is 2.17. The average Bonchev–Trinajstić information content (AvgIpc) is 3.10. The predicted molar refractivity (Wildman–Crippen MR) is 67.3 cm³/mol. The second-order valence-electron chi connectivity index (χ2n) is 4.58. The van der Waals surface area contributed by atoms with Gasteiger partial charge < -0.3 is 10.4 Å². The molecule has 0 bridgehead atoms. The quantitative estimate of drug-likeness (QED) is 0.879. The van der Waals surface area contributed by atoms with Gasteiger partial charge in [0.25, 0.3) is 0 Å². The summed E-state index contributed by atoms with van der Waals surface area (Å²) in [6.07, 6.45) is 1.60. The molecule has 2 rings (SSSR count). The first-order valence-corrected chi connectivity index (χ1v) is 6.13. The van der Waals surface area contributed by atoms with Crippen LogP contribution < -0.4 is 5.32 Å². The fourth-order valence-electron chi connectivity index (χ4n) is 2.27. The Kier molecular flexibility index (Phi) is 3.30. The summed E-state index contributed by atoms with van der Waals surface area (Å²) in [7, 11) is 0. The number of rotatable bonds is 4. The lowest BCUT2D eigenvalue weighted by atomic mass is 9.84. The molecule has 0 aromatic heterocycles. The van der Waals surface area contributed by atoms with E-state index in [0.717, 1.165) is 12.8 Å². The van der Waals surface area contributed by atoms with Gasteiger partial charge >= 0.3 is 5.97 Å². The topological polar surface area (TPSA) is 66.4 Å². The molecule has 5 heteroatoms. The zero-order chi connectivity index (χ0) is 13.3. The van der Waals surface area contributed by atoms with Gasteiger partial charge in [-0.25, -0.2) is 4.79 Å². The molecule has 1 fully saturated rings. The molecule has 0 aliphatic heterocycles. The van der Waals surface area contributed by atoms with Gasteiger partial charge in [0.1, 0.15) is 0 Å². The maximum absolute atomic E-state index is 11.7. The van der Waals surface area contributed by atoms with Gasteiger partial charge in [0, 0.05) is 11.9 Å². The fourth-order valence-corrected chi connectivity index (χ4v) is 2.39. The van der Waals surface area contributed by atoms with Gasteiger partial charge in [-0.1, -0.05) is 23.7 Å². The summed E-state index contributed by atoms with van der Waals surface area (Å²) in [4.78, 5) is 23.0. The van der Waals surface area contributed by atoms with Gasteiger partial charge in [-0.3, -0.25) is 4.79 Å². The highest BCUT2D eigenvalue weighted by molar-refractivity contribution is 6.30. The van der Waals surface area contributed by atoms with Crippen molar-refractivity contribution in [1.82, 2.24) is 5.32 Å². The number of carboxylic acids is 1. The van der Waals surface area contributed by atoms with E-state index in [2.05, 4.69) is 5.32 Å². The Morgan fingerprint density at radius 2 is 1.89 bits per heavy atom. The zero-order valence-electron chi connectivity index (χ0n) is 9.94. The molecule has 1 aromatic rings. The summed E-state index contributed by atoms with van der Waals surface area (Å²) < 4.78 is 0. The molecule has 1 aliphatic rings. The van der Waals surface area contributed by atoms with Crippen molar-refractivity contribution in [2.75, 3.05) is 0 Å². The van der Waals surface area contributed by atoms with E-state index in [-0.39, 0.29) is 11.8 Å². The minimum atomic E-state index is -1.32. The molecule has 0 heterocycles. The van der Waals surface area contributed by atoms with Crippen molar-refractivity contribution >= 4 is 23.5 Å². The highest BCUT2D eigenvalue weighted by atomic mass is 35.5. The molecule has 0 spiro atoms. The number of carbonyl (C=O) groups excluding carboxylic acids is 1. The molecule has 0 saturated heterocycles. The van der Waals surface area contributed by atoms with E-state index in [9.17, 15) is 14.7 Å². The number of hydrogen-bond acceptors (Lipinski definition) is 2. The minimum absolute atomic E-state index is 0.0555. The van der Waals surface area contributed by atoms with Crippen molar-refractivity contribution in [3.63, 3.8) is 0 Å². The number of nitrogens with one attached hydrogen (secondary N) is 1. The molecule has 18 heavy (non-hydrogen) atoms. The van der Waals surface area contributed by atoms with E-state index in [1.807, 2.05) is 0 Å². The third-order valence-corrected chi connectivity index (χ3v) is 3.45. The van der Waals surface area contributed by atoms with E-state index in [1.165, 1.54) is 6.92 Å². The Morgan fingerprint density at radius 3 is 2.28 bits per heavy atom. The molecule has 1 aliphatic carbocycles. The lowest BCUT2D eigenvalue weighted by molar-refractivity contribution is -0.149. The van der Waals surface area contributed by atoms with Crippen LogP contribution in [0.3, 0.4) is 0 Å². The Labute approximate surface area is 110 Å². The van der Waals surface area contributed by atoms with Crippen LogP contribution in [0.2, 0.25) is 5.02 Å². The monoisotopic (exact) mass is 267 g/mol. The summed E-state index contributed by atoms with van der Waals surface area (Å²) in [5.41, 5.74) is -0.756. The van der Waals surface area contributed by atoms with Crippen LogP contribution in [-0.4, -0.2) is 17.0 Å². The maximum atomic E-state index is 11.7. The SMILES string of the molecule is CC(=O)NC(C(=O)O)(c1ccc(Cl)cc1)C1CC1. The van der Waals surface area contributed by atoms with Crippen molar-refractivity contribution < 1.29 is 14.7 Å². The largest absolute Gasteiger partial charge is 0.479 e. The smallest absolute Gasteiger partial charge is 0.334 e. The molecule has 0 radical (unpaired) electrons. The van der Waals surface area contributed by atoms with Gasteiger partial charge in [-0.15, -0.1) is 0 Å². The molecule has 1 unspecified atom stereocenters. The number of carbonyl (C=O) groups is 2. The van der Waals surface area contributed by atoms with E-state index in [0.29, 0.717) is 10.6 Å². The van der Waals surface area contributed by atoms with Gasteiger partial charge in [-0.05, 0) is 36.5 Å². The lowest BCUT2D eigenvalue weighted by Crippen LogP contribution is -2.53. The summed E-state index contributed by atoms with van der Waals surface area (Å²) in [5.74, 6) is -1.43. The van der Waals surface area contributed by atoms with Crippen molar-refractivity contribution in [2.24, 2.45) is 5.92 Å². The van der Waals surface area contributed by atoms with Crippen LogP contribution in [0.15, 0.2) is 24.3 Å². The number of aliphatic carboxylic acids is 1. The number of carboxylic acid groups (broad SMARTS) is 1. The first-order valence-electron chi connectivity index (χ1n) is 5.75. The van der Waals surface area contributed by atoms with E-state index in [4.69, 9.17) is 11.6 Å². The third-order valence-electron chi connectivity index (χ3n) is 3.20. The highest BCUT2D eigenvalue weighted by Crippen LogP contribution is 2.46. The van der Waals surface area contributed by atoms with Crippen molar-refractivity contribution in [2.45, 2.75) is 25.3 Å². The van der Waals surface area contributed by atoms with Crippen molar-refractivity contribution in [3.8, 4) is 0 Å². The molecule has 1 amide bonds. The number of amides is 1. The molecular weight excluding hydrogens is 254 g/mol. The minimum Gasteiger partial charge on any atom is -0.479 e. The summed E-state index contributed by atoms with van der Waals surface area (Å²) in [6, 6.07) is 6.59. The van der Waals surface area contributed by atoms with E-state index >= 15 is 0 Å². The van der Waals surface area contributed by atoms with Crippen LogP contribution in [-0.2, 0) is 15.1 Å². The number of hydrogen-bond donors (Lipinski definition) is 2. The lowest BCUT2D eigenvalue weighted by Gasteiger charge is -2.30. The summed E-state index contributed by atoms with van der Waals surface area (Å²) in [6.45, 7) is 1.33. The molecule has 2 N–H and O–H groups in total. The second kappa shape index (κ2) is 4.61. The van der Waals surface area contributed by atoms with Gasteiger partial charge in [0.15, 0.2) is 5.54 Å². The second-order valence-corrected chi connectivity index (χ2v) is 5.01. The summed E-state index contributed by atoms with van der Waals surface area (Å²) in [5, 5.41) is 12.7. The third kappa shape index (κ3) is 2.20. The van der Waals surface area contributed by atoms with Gasteiger partial charge in [-0.2, -0.15) is 0 Å². The van der Waals surface area contributed by atoms with Crippen LogP contribution >= 0.6 is 11.6 Å². The normalized spacial score (nSPS) is 17.9. The van der Waals surface area contributed by atoms with Crippen LogP contribution in [0, 0.1) is 5.92 Å². The molecule has 1 atom stereocenters. The van der Waals surface area contributed by atoms with Crippen LogP contribution in [0.5, 0.6) is 0 Å². The van der Waals surface area contributed by atoms with E-state index < -0.39 is 11.5 Å². The molecule has 1 aromatic carbocycles. The Hall–Kier alpha value is -1.55. The van der Waals surface area contributed by atoms with Gasteiger partial charge in [0.2, 0.25) is 5.91 Å². The Bertz CT molecular complexity index is 482. The fraction of sp³-hybridized carbons (Fsp3) is 0.385. The molecule has 4 nitrogen and oxygen atoms in total. The van der Waals surface area contributed by atoms with Crippen LogP contribution in [0.4, 0.5) is 0 Å². The Morgan fingerprint density at radius 1 is 1.33 bits per heavy atom. The zero-order valence-corrected chi connectivity index (χ0v) is 10.7. The number of halogens is 1. The molecular formula is C13H14ClNO3. The maximum Gasteiger partial charge on any atom is 0.334 e. The van der Waals surface area contributed by atoms with Crippen molar-refractivity contribution in [1.29, 1.82) is 0 Å². The Balaban J connectivity index is 2.48. The van der Waals surface area contributed by atoms with Gasteiger partial charge in [0.05, 0.1) is 0 Å². The summed E-state index contributed by atoms with van der Waals surface area (Å²) >= 11 is 5.81. The van der Waals surface area contributed by atoms with Crippen LogP contribution in [0.1, 0.15) is 25.3 Å². The van der Waals surface area contributed by atoms with Crippen molar-refractivity contribution in [3.05, 3.63) is 34.9 Å². The highest BCUT2D eigenvalue weighted by Gasteiger charge is 2.53. The first kappa shape index (κ1) is 12.9. The molecule has 96 valence electrons. The average molecular weight is 268 g/mol. The van der Waals surface area contributed by atoms with E-state index in [1.54, 1.807) is 24.3 Å². The number of benzene rings is 1. The first-order chi connectivity index (χ1) is 8.46. The molecule has 1 saturated carbocycles.